The second-order valence-corrected chi connectivity index (χ2v) is 11.7. The number of nitrogens with one attached hydrogen (secondary N) is 1. The Bertz CT molecular complexity index is 497. The molecule has 0 aromatic heterocycles. The van der Waals surface area contributed by atoms with Crippen LogP contribution < -0.4 is 9.74 Å². The second-order valence-electron chi connectivity index (χ2n) is 7.25. The number of hydrogen-bond acceptors (Lipinski definition) is 3. The van der Waals surface area contributed by atoms with Gasteiger partial charge in [0.05, 0.1) is 0 Å². The summed E-state index contributed by atoms with van der Waals surface area (Å²) >= 11 is 0. The van der Waals surface area contributed by atoms with Crippen molar-refractivity contribution in [3.05, 3.63) is 42.0 Å². The minimum absolute atomic E-state index is 0. The van der Waals surface area contributed by atoms with E-state index in [1.54, 1.807) is 0 Å². The maximum Gasteiger partial charge on any atom is 0.242 e. The van der Waals surface area contributed by atoms with Crippen molar-refractivity contribution in [3.63, 3.8) is 0 Å². The van der Waals surface area contributed by atoms with Gasteiger partial charge in [0.15, 0.2) is 0 Å². The van der Waals surface area contributed by atoms with Gasteiger partial charge in [-0.1, -0.05) is 17.7 Å². The Hall–Kier alpha value is -0.523. The first-order valence-corrected chi connectivity index (χ1v) is 11.6. The lowest BCUT2D eigenvalue weighted by molar-refractivity contribution is 0.172. The highest BCUT2D eigenvalue weighted by atomic mass is 35.5. The highest BCUT2D eigenvalue weighted by molar-refractivity contribution is 6.70. The Morgan fingerprint density at radius 2 is 1.71 bits per heavy atom. The first kappa shape index (κ1) is 23.5. The van der Waals surface area contributed by atoms with Gasteiger partial charge < -0.3 is 9.74 Å². The van der Waals surface area contributed by atoms with E-state index in [4.69, 9.17) is 4.43 Å². The molecule has 3 nitrogen and oxygen atoms in total. The lowest BCUT2D eigenvalue weighted by Crippen LogP contribution is -2.45. The highest BCUT2D eigenvalue weighted by Crippen LogP contribution is 2.29. The average Bonchev–Trinajstić information content (AvgIpc) is 2.45. The normalized spacial score (nSPS) is 16.5. The van der Waals surface area contributed by atoms with Crippen LogP contribution >= 0.6 is 24.8 Å². The fraction of sp³-hybridized carbons (Fsp3) is 0.556. The van der Waals surface area contributed by atoms with Crippen molar-refractivity contribution < 1.29 is 4.43 Å². The standard InChI is InChI=1S/C18H30N2OSi.2ClH/c1-15(2)14-18(20-12-10-19-11-13-20)16-6-8-17(9-7-16)21-22(3,4)5;;/h6-9,18-19H,1,10-14H2,2-5H3;2*1H/t18-;;/m1../s1. The van der Waals surface area contributed by atoms with Crippen molar-refractivity contribution in [2.24, 2.45) is 0 Å². The van der Waals surface area contributed by atoms with Crippen molar-refractivity contribution in [3.8, 4) is 5.75 Å². The minimum Gasteiger partial charge on any atom is -0.544 e. The molecule has 0 spiro atoms. The van der Waals surface area contributed by atoms with Crippen molar-refractivity contribution in [1.82, 2.24) is 10.2 Å². The molecular weight excluding hydrogens is 359 g/mol. The van der Waals surface area contributed by atoms with Crippen LogP contribution in [0.3, 0.4) is 0 Å². The van der Waals surface area contributed by atoms with Gasteiger partial charge in [0.1, 0.15) is 5.75 Å². The van der Waals surface area contributed by atoms with Gasteiger partial charge in [-0.15, -0.1) is 31.4 Å². The zero-order valence-corrected chi connectivity index (χ0v) is 17.9. The van der Waals surface area contributed by atoms with E-state index < -0.39 is 8.32 Å². The molecule has 1 heterocycles. The molecule has 6 heteroatoms. The SMILES string of the molecule is C=C(C)C[C@H](c1ccc(O[Si](C)(C)C)cc1)N1CCNCC1.Cl.Cl. The van der Waals surface area contributed by atoms with Crippen LogP contribution in [0, 0.1) is 0 Å². The number of rotatable bonds is 6. The monoisotopic (exact) mass is 390 g/mol. The molecule has 1 fully saturated rings. The Morgan fingerprint density at radius 3 is 2.17 bits per heavy atom. The Balaban J connectivity index is 0.00000264. The molecule has 24 heavy (non-hydrogen) atoms. The maximum absolute atomic E-state index is 6.06. The van der Waals surface area contributed by atoms with E-state index in [1.165, 1.54) is 11.1 Å². The van der Waals surface area contributed by atoms with Crippen LogP contribution in [0.4, 0.5) is 0 Å². The molecule has 1 aromatic carbocycles. The summed E-state index contributed by atoms with van der Waals surface area (Å²) < 4.78 is 6.06. The molecule has 1 aliphatic rings. The molecule has 1 aromatic rings. The van der Waals surface area contributed by atoms with E-state index in [0.29, 0.717) is 6.04 Å². The molecule has 0 radical (unpaired) electrons. The van der Waals surface area contributed by atoms with Crippen LogP contribution in [0.15, 0.2) is 36.4 Å². The van der Waals surface area contributed by atoms with Crippen LogP contribution in [0.25, 0.3) is 0 Å². The summed E-state index contributed by atoms with van der Waals surface area (Å²) in [5.41, 5.74) is 2.61. The van der Waals surface area contributed by atoms with Crippen molar-refractivity contribution in [2.75, 3.05) is 26.2 Å². The fourth-order valence-electron chi connectivity index (χ4n) is 2.89. The van der Waals surface area contributed by atoms with Gasteiger partial charge in [-0.2, -0.15) is 0 Å². The molecule has 1 aliphatic heterocycles. The zero-order valence-electron chi connectivity index (χ0n) is 15.3. The molecule has 0 bridgehead atoms. The lowest BCUT2D eigenvalue weighted by atomic mass is 9.98. The molecule has 1 N–H and O–H groups in total. The Labute approximate surface area is 160 Å². The Kier molecular flexibility index (Phi) is 10.2. The minimum atomic E-state index is -1.53. The number of halogens is 2. The van der Waals surface area contributed by atoms with E-state index in [9.17, 15) is 0 Å². The van der Waals surface area contributed by atoms with Gasteiger partial charge in [0.25, 0.3) is 0 Å². The van der Waals surface area contributed by atoms with E-state index >= 15 is 0 Å². The van der Waals surface area contributed by atoms with E-state index in [0.717, 1.165) is 38.3 Å². The van der Waals surface area contributed by atoms with Gasteiger partial charge in [-0.05, 0) is 50.7 Å². The molecule has 1 atom stereocenters. The summed E-state index contributed by atoms with van der Waals surface area (Å²) in [5, 5.41) is 3.43. The largest absolute Gasteiger partial charge is 0.544 e. The number of piperazine rings is 1. The summed E-state index contributed by atoms with van der Waals surface area (Å²) in [6.07, 6.45) is 1.02. The van der Waals surface area contributed by atoms with Gasteiger partial charge >= 0.3 is 0 Å². The third-order valence-corrected chi connectivity index (χ3v) is 4.67. The van der Waals surface area contributed by atoms with Crippen molar-refractivity contribution in [1.29, 1.82) is 0 Å². The fourth-order valence-corrected chi connectivity index (χ4v) is 3.74. The summed E-state index contributed by atoms with van der Waals surface area (Å²) in [4.78, 5) is 2.57. The Morgan fingerprint density at radius 1 is 1.17 bits per heavy atom. The van der Waals surface area contributed by atoms with E-state index in [2.05, 4.69) is 67.6 Å². The molecule has 0 unspecified atom stereocenters. The third-order valence-electron chi connectivity index (χ3n) is 3.82. The van der Waals surface area contributed by atoms with Gasteiger partial charge in [0.2, 0.25) is 8.32 Å². The predicted molar refractivity (Wildman–Crippen MR) is 112 cm³/mol. The van der Waals surface area contributed by atoms with Crippen molar-refractivity contribution in [2.45, 2.75) is 39.0 Å². The van der Waals surface area contributed by atoms with Crippen LogP contribution in [-0.2, 0) is 0 Å². The summed E-state index contributed by atoms with van der Waals surface area (Å²) in [6.45, 7) is 17.2. The van der Waals surface area contributed by atoms with Gasteiger partial charge in [0, 0.05) is 32.2 Å². The van der Waals surface area contributed by atoms with Crippen LogP contribution in [-0.4, -0.2) is 39.4 Å². The first-order valence-electron chi connectivity index (χ1n) is 8.23. The first-order chi connectivity index (χ1) is 10.3. The van der Waals surface area contributed by atoms with Crippen LogP contribution in [0.2, 0.25) is 19.6 Å². The molecule has 0 amide bonds. The third kappa shape index (κ3) is 7.58. The van der Waals surface area contributed by atoms with E-state index in [1.807, 2.05) is 0 Å². The summed E-state index contributed by atoms with van der Waals surface area (Å²) in [7, 11) is -1.53. The highest BCUT2D eigenvalue weighted by Gasteiger charge is 2.22. The number of benzene rings is 1. The molecule has 0 saturated carbocycles. The predicted octanol–water partition coefficient (Wildman–Crippen LogP) is 4.66. The van der Waals surface area contributed by atoms with Crippen molar-refractivity contribution >= 4 is 33.1 Å². The maximum atomic E-state index is 6.06. The smallest absolute Gasteiger partial charge is 0.242 e. The van der Waals surface area contributed by atoms with Crippen LogP contribution in [0.5, 0.6) is 5.75 Å². The van der Waals surface area contributed by atoms with Gasteiger partial charge in [-0.3, -0.25) is 4.90 Å². The van der Waals surface area contributed by atoms with Gasteiger partial charge in [-0.25, -0.2) is 0 Å². The van der Waals surface area contributed by atoms with E-state index in [-0.39, 0.29) is 24.8 Å². The van der Waals surface area contributed by atoms with Crippen LogP contribution in [0.1, 0.15) is 24.9 Å². The average molecular weight is 391 g/mol. The number of hydrogen-bond donors (Lipinski definition) is 1. The molecule has 138 valence electrons. The second kappa shape index (κ2) is 10.5. The lowest BCUT2D eigenvalue weighted by Gasteiger charge is -2.35. The quantitative estimate of drug-likeness (QED) is 0.564. The molecule has 0 aliphatic carbocycles. The zero-order chi connectivity index (χ0) is 16.2. The molecular formula is C18H32Cl2N2OSi. The topological polar surface area (TPSA) is 24.5 Å². The number of nitrogens with zero attached hydrogens (tertiary/aromatic N) is 1. The summed E-state index contributed by atoms with van der Waals surface area (Å²) in [6, 6.07) is 9.14. The summed E-state index contributed by atoms with van der Waals surface area (Å²) in [5.74, 6) is 0.998. The molecule has 1 saturated heterocycles. The molecule has 2 rings (SSSR count).